The molecule has 0 saturated carbocycles. The molecular weight excluding hydrogens is 381 g/mol. The standard InChI is InChI=1S/C20H20FN3O3S/c1-24(9-10-26-18-7-5-15(21)6-8-18)20(25)23-16-3-2-4-19(11-16)27-12-17-13-28-14-22-17/h2-8,11,13-14H,9-10,12H2,1H3,(H,23,25). The van der Waals surface area contributed by atoms with Gasteiger partial charge in [0.15, 0.2) is 0 Å². The van der Waals surface area contributed by atoms with Gasteiger partial charge in [0, 0.05) is 24.2 Å². The fraction of sp³-hybridized carbons (Fsp3) is 0.200. The lowest BCUT2D eigenvalue weighted by Gasteiger charge is -2.18. The number of benzene rings is 2. The Hall–Kier alpha value is -3.13. The zero-order valence-corrected chi connectivity index (χ0v) is 16.1. The van der Waals surface area contributed by atoms with Gasteiger partial charge in [-0.15, -0.1) is 11.3 Å². The van der Waals surface area contributed by atoms with E-state index in [-0.39, 0.29) is 11.8 Å². The molecule has 0 fully saturated rings. The fourth-order valence-corrected chi connectivity index (χ4v) is 2.82. The summed E-state index contributed by atoms with van der Waals surface area (Å²) in [6.07, 6.45) is 0. The quantitative estimate of drug-likeness (QED) is 0.608. The Morgan fingerprint density at radius 1 is 1.18 bits per heavy atom. The number of hydrogen-bond acceptors (Lipinski definition) is 5. The third kappa shape index (κ3) is 5.95. The summed E-state index contributed by atoms with van der Waals surface area (Å²) in [5, 5.41) is 4.74. The summed E-state index contributed by atoms with van der Waals surface area (Å²) in [6, 6.07) is 12.7. The number of carbonyl (C=O) groups is 1. The Kier molecular flexibility index (Phi) is 6.80. The van der Waals surface area contributed by atoms with E-state index in [1.807, 2.05) is 17.5 Å². The first-order valence-electron chi connectivity index (χ1n) is 8.60. The van der Waals surface area contributed by atoms with E-state index in [0.717, 1.165) is 5.69 Å². The van der Waals surface area contributed by atoms with E-state index in [4.69, 9.17) is 9.47 Å². The number of rotatable bonds is 8. The average molecular weight is 401 g/mol. The van der Waals surface area contributed by atoms with Gasteiger partial charge in [-0.2, -0.15) is 0 Å². The van der Waals surface area contributed by atoms with Crippen molar-refractivity contribution in [3.05, 3.63) is 70.9 Å². The molecule has 28 heavy (non-hydrogen) atoms. The molecule has 3 aromatic rings. The van der Waals surface area contributed by atoms with Crippen molar-refractivity contribution in [1.29, 1.82) is 0 Å². The highest BCUT2D eigenvalue weighted by Crippen LogP contribution is 2.19. The Morgan fingerprint density at radius 2 is 2.00 bits per heavy atom. The van der Waals surface area contributed by atoms with Crippen molar-refractivity contribution < 1.29 is 18.7 Å². The molecule has 0 aliphatic heterocycles. The van der Waals surface area contributed by atoms with Gasteiger partial charge in [0.1, 0.15) is 30.5 Å². The molecular formula is C20H20FN3O3S. The lowest BCUT2D eigenvalue weighted by atomic mass is 10.3. The number of anilines is 1. The van der Waals surface area contributed by atoms with Crippen LogP contribution < -0.4 is 14.8 Å². The molecule has 0 aliphatic rings. The van der Waals surface area contributed by atoms with Crippen molar-refractivity contribution in [3.63, 3.8) is 0 Å². The van der Waals surface area contributed by atoms with Crippen molar-refractivity contribution in [1.82, 2.24) is 9.88 Å². The van der Waals surface area contributed by atoms with Gasteiger partial charge in [0.05, 0.1) is 17.7 Å². The molecule has 3 rings (SSSR count). The summed E-state index contributed by atoms with van der Waals surface area (Å²) in [5.74, 6) is 0.884. The first kappa shape index (κ1) is 19.6. The zero-order chi connectivity index (χ0) is 19.8. The minimum atomic E-state index is -0.318. The molecule has 1 N–H and O–H groups in total. The van der Waals surface area contributed by atoms with E-state index < -0.39 is 0 Å². The van der Waals surface area contributed by atoms with Gasteiger partial charge < -0.3 is 19.7 Å². The SMILES string of the molecule is CN(CCOc1ccc(F)cc1)C(=O)Nc1cccc(OCc2cscn2)c1. The Labute approximate surface area is 166 Å². The minimum absolute atomic E-state index is 0.264. The van der Waals surface area contributed by atoms with E-state index in [1.165, 1.54) is 28.4 Å². The van der Waals surface area contributed by atoms with Crippen LogP contribution in [0.2, 0.25) is 0 Å². The lowest BCUT2D eigenvalue weighted by Crippen LogP contribution is -2.34. The van der Waals surface area contributed by atoms with Gasteiger partial charge in [-0.25, -0.2) is 14.2 Å². The largest absolute Gasteiger partial charge is 0.492 e. The van der Waals surface area contributed by atoms with Crippen molar-refractivity contribution in [2.75, 3.05) is 25.5 Å². The average Bonchev–Trinajstić information content (AvgIpc) is 3.22. The monoisotopic (exact) mass is 401 g/mol. The predicted molar refractivity (Wildman–Crippen MR) is 106 cm³/mol. The molecule has 146 valence electrons. The number of amides is 2. The summed E-state index contributed by atoms with van der Waals surface area (Å²) < 4.78 is 24.1. The van der Waals surface area contributed by atoms with Crippen molar-refractivity contribution >= 4 is 23.1 Å². The van der Waals surface area contributed by atoms with Gasteiger partial charge in [-0.1, -0.05) is 6.07 Å². The van der Waals surface area contributed by atoms with Crippen LogP contribution in [0.1, 0.15) is 5.69 Å². The van der Waals surface area contributed by atoms with Crippen LogP contribution in [0.5, 0.6) is 11.5 Å². The van der Waals surface area contributed by atoms with Gasteiger partial charge in [-0.05, 0) is 36.4 Å². The Bertz CT molecular complexity index is 888. The summed E-state index contributed by atoms with van der Waals surface area (Å²) in [7, 11) is 1.67. The molecule has 0 unspecified atom stereocenters. The molecule has 0 atom stereocenters. The molecule has 6 nitrogen and oxygen atoms in total. The highest BCUT2D eigenvalue weighted by molar-refractivity contribution is 7.07. The van der Waals surface area contributed by atoms with Gasteiger partial charge >= 0.3 is 6.03 Å². The third-order valence-corrected chi connectivity index (χ3v) is 4.45. The van der Waals surface area contributed by atoms with Crippen LogP contribution in [0.3, 0.4) is 0 Å². The van der Waals surface area contributed by atoms with Crippen LogP contribution in [0.4, 0.5) is 14.9 Å². The van der Waals surface area contributed by atoms with Crippen LogP contribution in [-0.4, -0.2) is 36.1 Å². The van der Waals surface area contributed by atoms with E-state index in [1.54, 1.807) is 36.8 Å². The summed E-state index contributed by atoms with van der Waals surface area (Å²) in [6.45, 7) is 1.05. The number of hydrogen-bond donors (Lipinski definition) is 1. The number of halogens is 1. The van der Waals surface area contributed by atoms with E-state index in [9.17, 15) is 9.18 Å². The second kappa shape index (κ2) is 9.70. The van der Waals surface area contributed by atoms with Crippen molar-refractivity contribution in [2.45, 2.75) is 6.61 Å². The first-order chi connectivity index (χ1) is 13.6. The molecule has 0 radical (unpaired) electrons. The van der Waals surface area contributed by atoms with Crippen LogP contribution in [-0.2, 0) is 6.61 Å². The van der Waals surface area contributed by atoms with Gasteiger partial charge in [0.25, 0.3) is 0 Å². The maximum Gasteiger partial charge on any atom is 0.321 e. The van der Waals surface area contributed by atoms with Gasteiger partial charge in [-0.3, -0.25) is 0 Å². The van der Waals surface area contributed by atoms with E-state index >= 15 is 0 Å². The topological polar surface area (TPSA) is 63.7 Å². The molecule has 8 heteroatoms. The molecule has 1 heterocycles. The van der Waals surface area contributed by atoms with Crippen LogP contribution in [0, 0.1) is 5.82 Å². The molecule has 0 spiro atoms. The number of thiazole rings is 1. The second-order valence-electron chi connectivity index (χ2n) is 5.95. The van der Waals surface area contributed by atoms with Crippen LogP contribution in [0.25, 0.3) is 0 Å². The lowest BCUT2D eigenvalue weighted by molar-refractivity contribution is 0.207. The van der Waals surface area contributed by atoms with E-state index in [0.29, 0.717) is 36.9 Å². The third-order valence-electron chi connectivity index (χ3n) is 3.81. The number of urea groups is 1. The number of aromatic nitrogens is 1. The fourth-order valence-electron chi connectivity index (χ4n) is 2.28. The molecule has 2 amide bonds. The van der Waals surface area contributed by atoms with Crippen molar-refractivity contribution in [2.24, 2.45) is 0 Å². The molecule has 1 aromatic heterocycles. The minimum Gasteiger partial charge on any atom is -0.492 e. The Morgan fingerprint density at radius 3 is 2.75 bits per heavy atom. The zero-order valence-electron chi connectivity index (χ0n) is 15.3. The van der Waals surface area contributed by atoms with Crippen LogP contribution >= 0.6 is 11.3 Å². The first-order valence-corrected chi connectivity index (χ1v) is 9.55. The summed E-state index contributed by atoms with van der Waals surface area (Å²) >= 11 is 1.51. The van der Waals surface area contributed by atoms with Crippen molar-refractivity contribution in [3.8, 4) is 11.5 Å². The maximum absolute atomic E-state index is 12.9. The highest BCUT2D eigenvalue weighted by Gasteiger charge is 2.09. The van der Waals surface area contributed by atoms with Crippen LogP contribution in [0.15, 0.2) is 59.4 Å². The maximum atomic E-state index is 12.9. The molecule has 0 saturated heterocycles. The Balaban J connectivity index is 1.45. The summed E-state index contributed by atoms with van der Waals surface area (Å²) in [4.78, 5) is 18.0. The smallest absolute Gasteiger partial charge is 0.321 e. The van der Waals surface area contributed by atoms with E-state index in [2.05, 4.69) is 10.3 Å². The number of nitrogens with zero attached hydrogens (tertiary/aromatic N) is 2. The number of ether oxygens (including phenoxy) is 2. The predicted octanol–water partition coefficient (Wildman–Crippen LogP) is 4.40. The summed E-state index contributed by atoms with van der Waals surface area (Å²) in [5.41, 5.74) is 3.25. The molecule has 2 aromatic carbocycles. The van der Waals surface area contributed by atoms with Gasteiger partial charge in [0.2, 0.25) is 0 Å². The number of likely N-dealkylation sites (N-methyl/N-ethyl adjacent to an activating group) is 1. The molecule has 0 bridgehead atoms. The highest BCUT2D eigenvalue weighted by atomic mass is 32.1. The number of nitrogens with one attached hydrogen (secondary N) is 1. The normalized spacial score (nSPS) is 10.4. The molecule has 0 aliphatic carbocycles. The number of carbonyl (C=O) groups excluding carboxylic acids is 1. The second-order valence-corrected chi connectivity index (χ2v) is 6.67.